The van der Waals surface area contributed by atoms with Crippen molar-refractivity contribution in [2.24, 2.45) is 0 Å². The first kappa shape index (κ1) is 22.5. The third-order valence-corrected chi connectivity index (χ3v) is 7.33. The Balaban J connectivity index is 1.62. The summed E-state index contributed by atoms with van der Waals surface area (Å²) in [5.74, 6) is -0.251. The Kier molecular flexibility index (Phi) is 7.35. The van der Waals surface area contributed by atoms with Crippen LogP contribution in [0.3, 0.4) is 0 Å². The molecule has 3 aromatic rings. The highest BCUT2D eigenvalue weighted by atomic mass is 79.9. The molecule has 1 amide bonds. The Labute approximate surface area is 190 Å². The van der Waals surface area contributed by atoms with Crippen molar-refractivity contribution in [1.82, 2.24) is 15.3 Å². The number of hydrogen-bond donors (Lipinski definition) is 2. The van der Waals surface area contributed by atoms with Gasteiger partial charge in [0.05, 0.1) is 16.8 Å². The van der Waals surface area contributed by atoms with Crippen LogP contribution in [0.15, 0.2) is 78.9 Å². The van der Waals surface area contributed by atoms with Gasteiger partial charge in [0.1, 0.15) is 0 Å². The van der Waals surface area contributed by atoms with Gasteiger partial charge in [-0.15, -0.1) is 0 Å². The van der Waals surface area contributed by atoms with Gasteiger partial charge in [-0.25, -0.2) is 13.4 Å². The van der Waals surface area contributed by atoms with Gasteiger partial charge >= 0.3 is 0 Å². The molecule has 2 aromatic carbocycles. The zero-order valence-corrected chi connectivity index (χ0v) is 19.2. The van der Waals surface area contributed by atoms with Crippen molar-refractivity contribution in [3.8, 4) is 0 Å². The van der Waals surface area contributed by atoms with Crippen molar-refractivity contribution in [1.29, 1.82) is 0 Å². The van der Waals surface area contributed by atoms with Crippen molar-refractivity contribution >= 4 is 55.0 Å². The number of benzene rings is 2. The molecule has 3 rings (SSSR count). The average Bonchev–Trinajstić information content (AvgIpc) is 2.72. The molecule has 0 fully saturated rings. The lowest BCUT2D eigenvalue weighted by molar-refractivity contribution is -0.118. The number of carbonyl (C=O) groups is 1. The Morgan fingerprint density at radius 2 is 1.80 bits per heavy atom. The Hall–Kier alpha value is -2.14. The van der Waals surface area contributed by atoms with Crippen molar-refractivity contribution in [3.63, 3.8) is 0 Å². The van der Waals surface area contributed by atoms with Gasteiger partial charge < -0.3 is 10.3 Å². The molecule has 11 heteroatoms. The van der Waals surface area contributed by atoms with Crippen LogP contribution in [0.1, 0.15) is 5.56 Å². The third kappa shape index (κ3) is 5.72. The van der Waals surface area contributed by atoms with E-state index in [1.54, 1.807) is 36.4 Å². The van der Waals surface area contributed by atoms with Crippen LogP contribution in [0.25, 0.3) is 0 Å². The van der Waals surface area contributed by atoms with Crippen LogP contribution in [0.2, 0.25) is 5.02 Å². The first-order chi connectivity index (χ1) is 14.3. The predicted molar refractivity (Wildman–Crippen MR) is 118 cm³/mol. The fourth-order valence-corrected chi connectivity index (χ4v) is 4.65. The van der Waals surface area contributed by atoms with Gasteiger partial charge in [-0.2, -0.15) is 0 Å². The van der Waals surface area contributed by atoms with Crippen LogP contribution >= 0.6 is 39.3 Å². The van der Waals surface area contributed by atoms with E-state index < -0.39 is 20.3 Å². The Morgan fingerprint density at radius 1 is 1.13 bits per heavy atom. The third-order valence-electron chi connectivity index (χ3n) is 3.90. The molecular weight excluding hydrogens is 514 g/mol. The van der Waals surface area contributed by atoms with Crippen LogP contribution in [0.5, 0.6) is 0 Å². The average molecular weight is 529 g/mol. The molecule has 0 spiro atoms. The van der Waals surface area contributed by atoms with E-state index in [1.165, 1.54) is 12.1 Å². The van der Waals surface area contributed by atoms with Gasteiger partial charge in [-0.1, -0.05) is 51.4 Å². The molecule has 0 atom stereocenters. The van der Waals surface area contributed by atoms with Crippen molar-refractivity contribution < 1.29 is 13.2 Å². The molecular formula is C19H15BrClN3O4S2. The maximum absolute atomic E-state index is 12.6. The lowest BCUT2D eigenvalue weighted by atomic mass is 10.2. The predicted octanol–water partition coefficient (Wildman–Crippen LogP) is 3.43. The minimum Gasteiger partial charge on any atom is -0.351 e. The highest BCUT2D eigenvalue weighted by molar-refractivity contribution is 9.10. The number of nitrogens with one attached hydrogen (secondary N) is 2. The van der Waals surface area contributed by atoms with Crippen molar-refractivity contribution in [2.75, 3.05) is 5.75 Å². The van der Waals surface area contributed by atoms with E-state index in [9.17, 15) is 18.0 Å². The van der Waals surface area contributed by atoms with Gasteiger partial charge in [-0.05, 0) is 42.0 Å². The van der Waals surface area contributed by atoms with E-state index >= 15 is 0 Å². The summed E-state index contributed by atoms with van der Waals surface area (Å²) in [5.41, 5.74) is 0.101. The van der Waals surface area contributed by atoms with Crippen LogP contribution in [0.4, 0.5) is 0 Å². The molecule has 156 valence electrons. The van der Waals surface area contributed by atoms with E-state index in [0.717, 1.165) is 28.0 Å². The SMILES string of the molecule is O=C(CSc1ncc(S(=O)(=O)c2ccc(Br)cc2)c(=O)[nH]1)NCc1ccc(Cl)cc1. The van der Waals surface area contributed by atoms with Gasteiger partial charge in [0.2, 0.25) is 15.7 Å². The standard InChI is InChI=1S/C19H15BrClN3O4S2/c20-13-3-7-15(8-4-13)30(27,28)16-10-23-19(24-18(16)26)29-11-17(25)22-9-12-1-5-14(21)6-2-12/h1-8,10H,9,11H2,(H,22,25)(H,23,24,26). The fraction of sp³-hybridized carbons (Fsp3) is 0.105. The second-order valence-corrected chi connectivity index (χ2v) is 10.3. The molecule has 0 aliphatic carbocycles. The lowest BCUT2D eigenvalue weighted by Crippen LogP contribution is -2.25. The number of rotatable bonds is 7. The fourth-order valence-electron chi connectivity index (χ4n) is 2.36. The summed E-state index contributed by atoms with van der Waals surface area (Å²) < 4.78 is 26.0. The van der Waals surface area contributed by atoms with E-state index in [-0.39, 0.29) is 21.7 Å². The first-order valence-electron chi connectivity index (χ1n) is 8.49. The number of carbonyl (C=O) groups excluding carboxylic acids is 1. The van der Waals surface area contributed by atoms with Gasteiger partial charge in [0.25, 0.3) is 5.56 Å². The molecule has 0 saturated heterocycles. The largest absolute Gasteiger partial charge is 0.351 e. The number of nitrogens with zero attached hydrogens (tertiary/aromatic N) is 1. The zero-order chi connectivity index (χ0) is 21.7. The summed E-state index contributed by atoms with van der Waals surface area (Å²) >= 11 is 10.0. The number of sulfone groups is 1. The maximum Gasteiger partial charge on any atom is 0.270 e. The van der Waals surface area contributed by atoms with Crippen LogP contribution in [0, 0.1) is 0 Å². The highest BCUT2D eigenvalue weighted by Crippen LogP contribution is 2.20. The molecule has 2 N–H and O–H groups in total. The van der Waals surface area contributed by atoms with Crippen LogP contribution < -0.4 is 10.9 Å². The number of aromatic amines is 1. The van der Waals surface area contributed by atoms with Gasteiger partial charge in [-0.3, -0.25) is 9.59 Å². The summed E-state index contributed by atoms with van der Waals surface area (Å²) in [7, 11) is -4.00. The first-order valence-corrected chi connectivity index (χ1v) is 12.1. The van der Waals surface area contributed by atoms with E-state index in [4.69, 9.17) is 11.6 Å². The number of amides is 1. The Bertz CT molecular complexity index is 1210. The quantitative estimate of drug-likeness (QED) is 0.359. The molecule has 0 radical (unpaired) electrons. The number of halogens is 2. The van der Waals surface area contributed by atoms with Crippen molar-refractivity contribution in [3.05, 3.63) is 80.1 Å². The van der Waals surface area contributed by atoms with Gasteiger partial charge in [0, 0.05) is 16.0 Å². The molecule has 0 saturated carbocycles. The minimum absolute atomic E-state index is 0.00926. The zero-order valence-electron chi connectivity index (χ0n) is 15.3. The molecule has 0 unspecified atom stereocenters. The number of aromatic nitrogens is 2. The molecule has 30 heavy (non-hydrogen) atoms. The number of hydrogen-bond acceptors (Lipinski definition) is 6. The summed E-state index contributed by atoms with van der Waals surface area (Å²) in [6, 6.07) is 13.0. The molecule has 0 aliphatic rings. The molecule has 7 nitrogen and oxygen atoms in total. The second kappa shape index (κ2) is 9.78. The maximum atomic E-state index is 12.6. The second-order valence-electron chi connectivity index (χ2n) is 6.03. The minimum atomic E-state index is -4.00. The summed E-state index contributed by atoms with van der Waals surface area (Å²) in [6.45, 7) is 0.338. The smallest absolute Gasteiger partial charge is 0.270 e. The molecule has 1 heterocycles. The van der Waals surface area contributed by atoms with Crippen LogP contribution in [-0.2, 0) is 21.2 Å². The molecule has 0 bridgehead atoms. The lowest BCUT2D eigenvalue weighted by Gasteiger charge is -2.06. The van der Waals surface area contributed by atoms with E-state index in [0.29, 0.717) is 11.6 Å². The van der Waals surface area contributed by atoms with E-state index in [2.05, 4.69) is 31.2 Å². The molecule has 1 aromatic heterocycles. The normalized spacial score (nSPS) is 11.3. The van der Waals surface area contributed by atoms with Crippen molar-refractivity contribution in [2.45, 2.75) is 21.5 Å². The molecule has 0 aliphatic heterocycles. The number of thioether (sulfide) groups is 1. The summed E-state index contributed by atoms with van der Waals surface area (Å²) in [6.07, 6.45) is 1.00. The van der Waals surface area contributed by atoms with Gasteiger partial charge in [0.15, 0.2) is 10.1 Å². The Morgan fingerprint density at radius 3 is 2.43 bits per heavy atom. The highest BCUT2D eigenvalue weighted by Gasteiger charge is 2.22. The van der Waals surface area contributed by atoms with E-state index in [1.807, 2.05) is 0 Å². The monoisotopic (exact) mass is 527 g/mol. The number of H-pyrrole nitrogens is 1. The van der Waals surface area contributed by atoms with Crippen LogP contribution in [-0.4, -0.2) is 30.0 Å². The summed E-state index contributed by atoms with van der Waals surface area (Å²) in [4.78, 5) is 30.2. The topological polar surface area (TPSA) is 109 Å². The summed E-state index contributed by atoms with van der Waals surface area (Å²) in [5, 5.41) is 3.50.